The normalized spacial score (nSPS) is 13.1. The van der Waals surface area contributed by atoms with Crippen LogP contribution < -0.4 is 0 Å². The lowest BCUT2D eigenvalue weighted by molar-refractivity contribution is 0.994. The largest absolute Gasteiger partial charge is 0.309 e. The average molecular weight is 643 g/mol. The molecule has 0 aliphatic heterocycles. The van der Waals surface area contributed by atoms with Gasteiger partial charge in [-0.25, -0.2) is 19.9 Å². The van der Waals surface area contributed by atoms with Crippen LogP contribution in [0.4, 0.5) is 0 Å². The Balaban J connectivity index is 1.21. The number of benzene rings is 5. The minimum absolute atomic E-state index is 0.546. The first kappa shape index (κ1) is 28.4. The van der Waals surface area contributed by atoms with Gasteiger partial charge in [-0.05, 0) is 61.4 Å². The molecule has 0 N–H and O–H groups in total. The predicted octanol–water partition coefficient (Wildman–Crippen LogP) is 10.5. The summed E-state index contributed by atoms with van der Waals surface area (Å²) in [6.45, 7) is 0. The van der Waals surface area contributed by atoms with Crippen molar-refractivity contribution in [1.29, 1.82) is 0 Å². The Kier molecular flexibility index (Phi) is 6.52. The summed E-state index contributed by atoms with van der Waals surface area (Å²) >= 11 is 0. The van der Waals surface area contributed by atoms with Crippen molar-refractivity contribution in [1.82, 2.24) is 29.1 Å². The highest BCUT2D eigenvalue weighted by Crippen LogP contribution is 2.39. The molecule has 1 aliphatic rings. The minimum atomic E-state index is 0.546. The monoisotopic (exact) mass is 642 g/mol. The summed E-state index contributed by atoms with van der Waals surface area (Å²) in [7, 11) is 0. The van der Waals surface area contributed by atoms with Crippen molar-refractivity contribution < 1.29 is 0 Å². The number of aromatic nitrogens is 6. The van der Waals surface area contributed by atoms with Gasteiger partial charge in [-0.3, -0.25) is 4.57 Å². The van der Waals surface area contributed by atoms with E-state index in [-0.39, 0.29) is 0 Å². The molecule has 9 aromatic rings. The fourth-order valence-electron chi connectivity index (χ4n) is 7.32. The van der Waals surface area contributed by atoms with Crippen LogP contribution in [0.15, 0.2) is 158 Å². The van der Waals surface area contributed by atoms with E-state index >= 15 is 0 Å². The third-order valence-corrected chi connectivity index (χ3v) is 9.59. The first-order chi connectivity index (χ1) is 24.8. The number of rotatable bonds is 5. The summed E-state index contributed by atoms with van der Waals surface area (Å²) in [5.74, 6) is 2.64. The molecule has 0 spiro atoms. The molecule has 0 saturated heterocycles. The van der Waals surface area contributed by atoms with Crippen molar-refractivity contribution in [2.45, 2.75) is 12.8 Å². The van der Waals surface area contributed by atoms with Gasteiger partial charge in [-0.15, -0.1) is 0 Å². The lowest BCUT2D eigenvalue weighted by atomic mass is 10.1. The van der Waals surface area contributed by atoms with E-state index in [1.807, 2.05) is 42.5 Å². The predicted molar refractivity (Wildman–Crippen MR) is 204 cm³/mol. The van der Waals surface area contributed by atoms with Crippen LogP contribution in [-0.2, 0) is 0 Å². The molecule has 6 nitrogen and oxygen atoms in total. The van der Waals surface area contributed by atoms with Crippen molar-refractivity contribution in [3.8, 4) is 34.4 Å². The number of nitrogens with zero attached hydrogens (tertiary/aromatic N) is 6. The molecular weight excluding hydrogens is 613 g/mol. The number of hydrogen-bond donors (Lipinski definition) is 0. The van der Waals surface area contributed by atoms with Crippen LogP contribution in [0.5, 0.6) is 0 Å². The second-order valence-electron chi connectivity index (χ2n) is 12.6. The zero-order valence-electron chi connectivity index (χ0n) is 27.1. The molecule has 4 aromatic heterocycles. The van der Waals surface area contributed by atoms with Crippen molar-refractivity contribution in [2.75, 3.05) is 0 Å². The summed E-state index contributed by atoms with van der Waals surface area (Å²) in [4.78, 5) is 20.1. The quantitative estimate of drug-likeness (QED) is 0.187. The molecule has 0 atom stereocenters. The molecule has 50 heavy (non-hydrogen) atoms. The molecule has 0 fully saturated rings. The maximum Gasteiger partial charge on any atom is 0.182 e. The molecule has 10 rings (SSSR count). The van der Waals surface area contributed by atoms with Crippen LogP contribution >= 0.6 is 0 Å². The fourth-order valence-corrected chi connectivity index (χ4v) is 7.32. The maximum absolute atomic E-state index is 5.27. The highest BCUT2D eigenvalue weighted by Gasteiger charge is 2.20. The third kappa shape index (κ3) is 4.57. The molecule has 1 aliphatic carbocycles. The first-order valence-corrected chi connectivity index (χ1v) is 17.0. The van der Waals surface area contributed by atoms with E-state index in [9.17, 15) is 0 Å². The summed E-state index contributed by atoms with van der Waals surface area (Å²) in [5.41, 5.74) is 8.32. The van der Waals surface area contributed by atoms with Gasteiger partial charge in [0, 0.05) is 38.4 Å². The van der Waals surface area contributed by atoms with E-state index in [1.165, 1.54) is 32.6 Å². The molecule has 5 aromatic carbocycles. The zero-order chi connectivity index (χ0) is 33.0. The topological polar surface area (TPSA) is 61.4 Å². The van der Waals surface area contributed by atoms with E-state index < -0.39 is 0 Å². The molecule has 236 valence electrons. The maximum atomic E-state index is 5.27. The van der Waals surface area contributed by atoms with Gasteiger partial charge in [0.15, 0.2) is 17.5 Å². The zero-order valence-corrected chi connectivity index (χ0v) is 27.1. The fraction of sp³-hybridized carbons (Fsp3) is 0.0455. The molecule has 0 unspecified atom stereocenters. The number of fused-ring (bicyclic) bond motifs is 6. The van der Waals surface area contributed by atoms with E-state index in [2.05, 4.69) is 124 Å². The Bertz CT molecular complexity index is 2810. The third-order valence-electron chi connectivity index (χ3n) is 9.59. The van der Waals surface area contributed by atoms with Crippen LogP contribution in [0.25, 0.3) is 83.6 Å². The van der Waals surface area contributed by atoms with Gasteiger partial charge in [0.05, 0.1) is 22.1 Å². The van der Waals surface area contributed by atoms with E-state index in [4.69, 9.17) is 19.9 Å². The molecule has 0 radical (unpaired) electrons. The molecule has 0 amide bonds. The summed E-state index contributed by atoms with van der Waals surface area (Å²) in [6.07, 6.45) is 8.47. The van der Waals surface area contributed by atoms with Crippen LogP contribution in [-0.4, -0.2) is 29.1 Å². The number of hydrogen-bond acceptors (Lipinski definition) is 4. The van der Waals surface area contributed by atoms with Crippen LogP contribution in [0.2, 0.25) is 0 Å². The molecule has 0 bridgehead atoms. The van der Waals surface area contributed by atoms with Crippen LogP contribution in [0, 0.1) is 0 Å². The Morgan fingerprint density at radius 3 is 1.78 bits per heavy atom. The molecule has 4 heterocycles. The van der Waals surface area contributed by atoms with Gasteiger partial charge in [0.25, 0.3) is 0 Å². The van der Waals surface area contributed by atoms with Crippen molar-refractivity contribution in [3.63, 3.8) is 0 Å². The van der Waals surface area contributed by atoms with Gasteiger partial charge in [-0.2, -0.15) is 0 Å². The Morgan fingerprint density at radius 2 is 1.06 bits per heavy atom. The smallest absolute Gasteiger partial charge is 0.182 e. The second-order valence-corrected chi connectivity index (χ2v) is 12.6. The lowest BCUT2D eigenvalue weighted by Crippen LogP contribution is -2.05. The van der Waals surface area contributed by atoms with Crippen LogP contribution in [0.3, 0.4) is 0 Å². The Labute approximate surface area is 288 Å². The Morgan fingerprint density at radius 1 is 0.440 bits per heavy atom. The van der Waals surface area contributed by atoms with Crippen molar-refractivity contribution in [3.05, 3.63) is 164 Å². The van der Waals surface area contributed by atoms with Crippen LogP contribution in [0.1, 0.15) is 18.7 Å². The standard InChI is InChI=1S/C44H30N6/c1-4-15-29(16-5-1)42-46-43(30-17-6-2-7-18-30)48-44(47-42)36-23-14-26-41(45-36)50-38-25-13-11-22-33(38)35-27-39-34(28-40(35)50)32-21-10-12-24-37(32)49(39)31-19-8-3-9-20-31/h1,3-6,8-28H,2,7H2. The highest BCUT2D eigenvalue weighted by molar-refractivity contribution is 6.19. The summed E-state index contributed by atoms with van der Waals surface area (Å²) in [5, 5.41) is 4.75. The van der Waals surface area contributed by atoms with Gasteiger partial charge < -0.3 is 4.57 Å². The lowest BCUT2D eigenvalue weighted by Gasteiger charge is -2.12. The number of allylic oxidation sites excluding steroid dienone is 4. The van der Waals surface area contributed by atoms with E-state index in [0.717, 1.165) is 46.5 Å². The average Bonchev–Trinajstić information content (AvgIpc) is 3.70. The van der Waals surface area contributed by atoms with Gasteiger partial charge >= 0.3 is 0 Å². The first-order valence-electron chi connectivity index (χ1n) is 17.0. The summed E-state index contributed by atoms with van der Waals surface area (Å²) < 4.78 is 4.64. The highest BCUT2D eigenvalue weighted by atomic mass is 15.1. The number of para-hydroxylation sites is 3. The second kappa shape index (κ2) is 11.5. The van der Waals surface area contributed by atoms with Gasteiger partial charge in [0.1, 0.15) is 11.5 Å². The van der Waals surface area contributed by atoms with Gasteiger partial charge in [0.2, 0.25) is 0 Å². The molecular formula is C44H30N6. The Hall–Kier alpha value is -6.66. The summed E-state index contributed by atoms with van der Waals surface area (Å²) in [6, 6.07) is 48.7. The SMILES string of the molecule is C1=CC(c2nc(-c3ccccc3)nc(-c3cccc(-n4c5ccccc5c5cc6c(cc54)c4ccccc4n6-c4ccccc4)n3)n2)=CCC1. The molecule has 0 saturated carbocycles. The minimum Gasteiger partial charge on any atom is -0.309 e. The van der Waals surface area contributed by atoms with Crippen molar-refractivity contribution >= 4 is 49.2 Å². The van der Waals surface area contributed by atoms with Crippen molar-refractivity contribution in [2.24, 2.45) is 0 Å². The van der Waals surface area contributed by atoms with E-state index in [0.29, 0.717) is 23.2 Å². The van der Waals surface area contributed by atoms with E-state index in [1.54, 1.807) is 0 Å². The van der Waals surface area contributed by atoms with Gasteiger partial charge in [-0.1, -0.05) is 109 Å². The number of pyridine rings is 1. The molecule has 6 heteroatoms.